The van der Waals surface area contributed by atoms with E-state index in [0.29, 0.717) is 13.0 Å². The highest BCUT2D eigenvalue weighted by Gasteiger charge is 2.29. The molecule has 3 atom stereocenters. The van der Waals surface area contributed by atoms with Crippen molar-refractivity contribution >= 4 is 21.9 Å². The van der Waals surface area contributed by atoms with Gasteiger partial charge >= 0.3 is 5.97 Å². The van der Waals surface area contributed by atoms with Crippen molar-refractivity contribution in [3.8, 4) is 11.1 Å². The largest absolute Gasteiger partial charge is 0.480 e. The zero-order valence-electron chi connectivity index (χ0n) is 17.5. The fourth-order valence-corrected chi connectivity index (χ4v) is 4.20. The van der Waals surface area contributed by atoms with Gasteiger partial charge in [0.15, 0.2) is 0 Å². The number of benzene rings is 2. The van der Waals surface area contributed by atoms with Crippen molar-refractivity contribution < 1.29 is 23.1 Å². The summed E-state index contributed by atoms with van der Waals surface area (Å²) < 4.78 is 25.3. The van der Waals surface area contributed by atoms with Gasteiger partial charge in [0.2, 0.25) is 15.9 Å². The summed E-state index contributed by atoms with van der Waals surface area (Å²) in [6.45, 7) is 0.355. The summed E-state index contributed by atoms with van der Waals surface area (Å²) in [5, 5.41) is 12.3. The summed E-state index contributed by atoms with van der Waals surface area (Å²) in [5.74, 6) is -1.63. The van der Waals surface area contributed by atoms with Gasteiger partial charge in [0.1, 0.15) is 12.1 Å². The third-order valence-corrected chi connectivity index (χ3v) is 5.73. The van der Waals surface area contributed by atoms with Crippen LogP contribution in [0.1, 0.15) is 12.0 Å². The van der Waals surface area contributed by atoms with E-state index in [-0.39, 0.29) is 12.3 Å². The van der Waals surface area contributed by atoms with Crippen molar-refractivity contribution in [2.75, 3.05) is 12.8 Å². The number of nitrogens with one attached hydrogen (secondary N) is 5. The molecule has 11 heteroatoms. The molecule has 0 aromatic heterocycles. The SMILES string of the molecule is CS(=O)(=O)N[C@H](C[C@@H](Cc1ccc(-c2ccccc2)cc1)NC(=O)C1CNNN1)C(=O)O. The molecule has 6 N–H and O–H groups in total. The van der Waals surface area contributed by atoms with Crippen LogP contribution < -0.4 is 26.4 Å². The van der Waals surface area contributed by atoms with Gasteiger partial charge in [-0.3, -0.25) is 9.59 Å². The number of hydrogen-bond acceptors (Lipinski definition) is 7. The number of amides is 1. The third-order valence-electron chi connectivity index (χ3n) is 5.02. The molecular formula is C21H27N5O5S. The van der Waals surface area contributed by atoms with Gasteiger partial charge in [0, 0.05) is 12.6 Å². The Labute approximate surface area is 186 Å². The second-order valence-corrected chi connectivity index (χ2v) is 9.47. The van der Waals surface area contributed by atoms with Crippen molar-refractivity contribution in [2.24, 2.45) is 0 Å². The van der Waals surface area contributed by atoms with Gasteiger partial charge < -0.3 is 10.4 Å². The monoisotopic (exact) mass is 461 g/mol. The lowest BCUT2D eigenvalue weighted by molar-refractivity contribution is -0.139. The first kappa shape index (κ1) is 23.8. The van der Waals surface area contributed by atoms with E-state index in [1.807, 2.05) is 54.6 Å². The maximum Gasteiger partial charge on any atom is 0.321 e. The number of carbonyl (C=O) groups excluding carboxylic acids is 1. The average Bonchev–Trinajstić information content (AvgIpc) is 3.28. The maximum absolute atomic E-state index is 12.6. The van der Waals surface area contributed by atoms with Gasteiger partial charge in [0.05, 0.1) is 6.26 Å². The molecule has 1 aliphatic heterocycles. The maximum atomic E-state index is 12.6. The standard InChI is InChI=1S/C21H27N5O5S/c1-32(30,31)25-18(21(28)29)12-17(23-20(27)19-13-22-26-24-19)11-14-7-9-16(10-8-14)15-5-3-2-4-6-15/h2-10,17-19,22,24-26H,11-13H2,1H3,(H,23,27)(H,28,29)/t17-,18-,19?/m1/s1. The summed E-state index contributed by atoms with van der Waals surface area (Å²) in [5.41, 5.74) is 11.2. The predicted octanol–water partition coefficient (Wildman–Crippen LogP) is -0.246. The molecule has 1 fully saturated rings. The van der Waals surface area contributed by atoms with Crippen LogP contribution in [0.25, 0.3) is 11.1 Å². The highest BCUT2D eigenvalue weighted by atomic mass is 32.2. The van der Waals surface area contributed by atoms with Crippen LogP contribution in [0, 0.1) is 0 Å². The number of carboxylic acid groups (broad SMARTS) is 1. The zero-order chi connectivity index (χ0) is 23.1. The molecule has 1 amide bonds. The van der Waals surface area contributed by atoms with E-state index in [1.165, 1.54) is 0 Å². The van der Waals surface area contributed by atoms with Crippen molar-refractivity contribution in [2.45, 2.75) is 31.0 Å². The summed E-state index contributed by atoms with van der Waals surface area (Å²) in [6.07, 6.45) is 1.13. The lowest BCUT2D eigenvalue weighted by Gasteiger charge is -2.24. The summed E-state index contributed by atoms with van der Waals surface area (Å²) in [7, 11) is -3.74. The number of aliphatic carboxylic acids is 1. The van der Waals surface area contributed by atoms with Crippen molar-refractivity contribution in [1.82, 2.24) is 26.4 Å². The molecule has 2 aromatic carbocycles. The quantitative estimate of drug-likeness (QED) is 0.284. The van der Waals surface area contributed by atoms with Gasteiger partial charge in [0.25, 0.3) is 0 Å². The molecule has 1 aliphatic rings. The minimum atomic E-state index is -3.74. The normalized spacial score (nSPS) is 18.1. The fourth-order valence-electron chi connectivity index (χ4n) is 3.49. The molecule has 10 nitrogen and oxygen atoms in total. The van der Waals surface area contributed by atoms with Crippen LogP contribution in [0.3, 0.4) is 0 Å². The van der Waals surface area contributed by atoms with E-state index >= 15 is 0 Å². The molecule has 0 spiro atoms. The lowest BCUT2D eigenvalue weighted by atomic mass is 9.97. The van der Waals surface area contributed by atoms with Gasteiger partial charge in [-0.25, -0.2) is 24.0 Å². The van der Waals surface area contributed by atoms with Gasteiger partial charge in [-0.15, -0.1) is 0 Å². The Balaban J connectivity index is 1.76. The van der Waals surface area contributed by atoms with Crippen LogP contribution in [-0.2, 0) is 26.0 Å². The van der Waals surface area contributed by atoms with Crippen LogP contribution in [0.5, 0.6) is 0 Å². The molecule has 3 rings (SSSR count). The van der Waals surface area contributed by atoms with E-state index in [1.54, 1.807) is 0 Å². The fraction of sp³-hybridized carbons (Fsp3) is 0.333. The molecular weight excluding hydrogens is 434 g/mol. The number of hydrogen-bond donors (Lipinski definition) is 6. The number of rotatable bonds is 10. The second kappa shape index (κ2) is 10.7. The van der Waals surface area contributed by atoms with E-state index in [9.17, 15) is 23.1 Å². The van der Waals surface area contributed by atoms with Crippen molar-refractivity contribution in [3.63, 3.8) is 0 Å². The molecule has 0 aliphatic carbocycles. The third kappa shape index (κ3) is 7.11. The summed E-state index contributed by atoms with van der Waals surface area (Å²) in [4.78, 5) is 24.2. The molecule has 0 radical (unpaired) electrons. The molecule has 1 saturated heterocycles. The molecule has 1 unspecified atom stereocenters. The Hall–Kier alpha value is -2.83. The number of sulfonamides is 1. The van der Waals surface area contributed by atoms with Crippen LogP contribution in [0.4, 0.5) is 0 Å². The first-order valence-corrected chi connectivity index (χ1v) is 12.0. The molecule has 2 aromatic rings. The Morgan fingerprint density at radius 1 is 1.09 bits per heavy atom. The minimum Gasteiger partial charge on any atom is -0.480 e. The molecule has 0 bridgehead atoms. The van der Waals surface area contributed by atoms with Crippen molar-refractivity contribution in [1.29, 1.82) is 0 Å². The smallest absolute Gasteiger partial charge is 0.321 e. The highest BCUT2D eigenvalue weighted by molar-refractivity contribution is 7.88. The van der Waals surface area contributed by atoms with E-state index in [0.717, 1.165) is 22.9 Å². The van der Waals surface area contributed by atoms with E-state index in [2.05, 4.69) is 26.4 Å². The molecule has 172 valence electrons. The summed E-state index contributed by atoms with van der Waals surface area (Å²) in [6, 6.07) is 15.1. The Bertz CT molecular complexity index is 1020. The van der Waals surface area contributed by atoms with Crippen molar-refractivity contribution in [3.05, 3.63) is 60.2 Å². The van der Waals surface area contributed by atoms with Gasteiger partial charge in [-0.05, 0) is 29.5 Å². The second-order valence-electron chi connectivity index (χ2n) is 7.69. The van der Waals surface area contributed by atoms with Crippen LogP contribution >= 0.6 is 0 Å². The zero-order valence-corrected chi connectivity index (χ0v) is 18.4. The predicted molar refractivity (Wildman–Crippen MR) is 120 cm³/mol. The number of hydrazine groups is 2. The first-order valence-electron chi connectivity index (χ1n) is 10.1. The molecule has 0 saturated carbocycles. The van der Waals surface area contributed by atoms with Gasteiger partial charge in [-0.1, -0.05) is 54.6 Å². The van der Waals surface area contributed by atoms with Gasteiger partial charge in [-0.2, -0.15) is 5.53 Å². The Morgan fingerprint density at radius 3 is 2.31 bits per heavy atom. The average molecular weight is 462 g/mol. The van der Waals surface area contributed by atoms with Crippen LogP contribution in [0.15, 0.2) is 54.6 Å². The van der Waals surface area contributed by atoms with E-state index < -0.39 is 34.1 Å². The molecule has 1 heterocycles. The minimum absolute atomic E-state index is 0.109. The summed E-state index contributed by atoms with van der Waals surface area (Å²) >= 11 is 0. The lowest BCUT2D eigenvalue weighted by Crippen LogP contribution is -2.51. The van der Waals surface area contributed by atoms with Crippen LogP contribution in [0.2, 0.25) is 0 Å². The first-order chi connectivity index (χ1) is 15.2. The highest BCUT2D eigenvalue weighted by Crippen LogP contribution is 2.20. The van der Waals surface area contributed by atoms with E-state index in [4.69, 9.17) is 0 Å². The van der Waals surface area contributed by atoms with Crippen LogP contribution in [-0.4, -0.2) is 56.3 Å². The topological polar surface area (TPSA) is 149 Å². The Morgan fingerprint density at radius 2 is 1.75 bits per heavy atom. The Kier molecular flexibility index (Phi) is 7.94. The number of carboxylic acids is 1. The number of carbonyl (C=O) groups is 2. The molecule has 32 heavy (non-hydrogen) atoms.